The summed E-state index contributed by atoms with van der Waals surface area (Å²) >= 11 is 8.65. The molecular weight excluding hydrogens is 454 g/mol. The Morgan fingerprint density at radius 1 is 1.10 bits per heavy atom. The number of thioether (sulfide) groups is 1. The summed E-state index contributed by atoms with van der Waals surface area (Å²) in [4.78, 5) is 27.0. The second-order valence-corrected chi connectivity index (χ2v) is 9.19. The van der Waals surface area contributed by atoms with Crippen molar-refractivity contribution in [1.29, 1.82) is 0 Å². The van der Waals surface area contributed by atoms with Crippen LogP contribution >= 0.6 is 34.7 Å². The largest absolute Gasteiger partial charge is 0.494 e. The molecule has 0 unspecified atom stereocenters. The first-order chi connectivity index (χ1) is 14.9. The normalized spacial score (nSPS) is 10.6. The maximum Gasteiger partial charge on any atom is 0.341 e. The average Bonchev–Trinajstić information content (AvgIpc) is 3.09. The van der Waals surface area contributed by atoms with Crippen LogP contribution in [0.5, 0.6) is 5.75 Å². The van der Waals surface area contributed by atoms with Crippen LogP contribution in [0, 0.1) is 6.92 Å². The van der Waals surface area contributed by atoms with Crippen molar-refractivity contribution in [3.63, 3.8) is 0 Å². The molecule has 8 heteroatoms. The van der Waals surface area contributed by atoms with E-state index in [2.05, 4.69) is 5.32 Å². The van der Waals surface area contributed by atoms with Gasteiger partial charge in [-0.3, -0.25) is 4.79 Å². The number of carbonyl (C=O) groups excluding carboxylic acids is 2. The number of methoxy groups -OCH3 is 1. The van der Waals surface area contributed by atoms with E-state index in [1.165, 1.54) is 30.2 Å². The molecule has 3 rings (SSSR count). The van der Waals surface area contributed by atoms with Crippen molar-refractivity contribution in [2.45, 2.75) is 18.7 Å². The summed E-state index contributed by atoms with van der Waals surface area (Å²) in [6.45, 7) is 4.42. The zero-order chi connectivity index (χ0) is 22.4. The highest BCUT2D eigenvalue weighted by Gasteiger charge is 2.25. The molecule has 1 amide bonds. The van der Waals surface area contributed by atoms with Crippen LogP contribution < -0.4 is 10.1 Å². The molecule has 0 saturated heterocycles. The van der Waals surface area contributed by atoms with Crippen LogP contribution in [0.1, 0.15) is 22.2 Å². The molecule has 3 aromatic rings. The minimum absolute atomic E-state index is 0.204. The predicted octanol–water partition coefficient (Wildman–Crippen LogP) is 6.29. The summed E-state index contributed by atoms with van der Waals surface area (Å²) in [5.41, 5.74) is 1.97. The van der Waals surface area contributed by atoms with Crippen molar-refractivity contribution in [3.8, 4) is 16.9 Å². The van der Waals surface area contributed by atoms with E-state index < -0.39 is 5.97 Å². The molecule has 0 aliphatic heterocycles. The van der Waals surface area contributed by atoms with Crippen molar-refractivity contribution >= 4 is 51.6 Å². The number of benzene rings is 2. The van der Waals surface area contributed by atoms with E-state index in [1.807, 2.05) is 50.2 Å². The number of thiophene rings is 1. The topological polar surface area (TPSA) is 64.6 Å². The van der Waals surface area contributed by atoms with E-state index in [0.717, 1.165) is 26.6 Å². The van der Waals surface area contributed by atoms with Crippen molar-refractivity contribution in [1.82, 2.24) is 0 Å². The Balaban J connectivity index is 1.83. The fourth-order valence-electron chi connectivity index (χ4n) is 3.00. The maximum absolute atomic E-state index is 12.6. The molecule has 0 fully saturated rings. The zero-order valence-corrected chi connectivity index (χ0v) is 19.7. The first-order valence-electron chi connectivity index (χ1n) is 9.56. The molecule has 0 aliphatic carbocycles. The van der Waals surface area contributed by atoms with Gasteiger partial charge in [0.05, 0.1) is 19.5 Å². The molecule has 5 nitrogen and oxygen atoms in total. The lowest BCUT2D eigenvalue weighted by Gasteiger charge is -2.09. The summed E-state index contributed by atoms with van der Waals surface area (Å²) in [6, 6.07) is 14.8. The highest BCUT2D eigenvalue weighted by Crippen LogP contribution is 2.41. The highest BCUT2D eigenvalue weighted by atomic mass is 35.5. The molecule has 1 heterocycles. The Morgan fingerprint density at radius 3 is 2.39 bits per heavy atom. The standard InChI is InChI=1S/C23H22ClNO4S2/c1-4-29-17-9-5-15(6-10-17)20-14(2)31-22(21(20)23(27)28-3)25-19(26)13-30-18-11-7-16(24)8-12-18/h5-12H,4,13H2,1-3H3,(H,25,26). The summed E-state index contributed by atoms with van der Waals surface area (Å²) in [6.07, 6.45) is 0. The molecule has 1 N–H and O–H groups in total. The molecule has 0 spiro atoms. The average molecular weight is 476 g/mol. The van der Waals surface area contributed by atoms with Crippen LogP contribution in [0.3, 0.4) is 0 Å². The molecular formula is C23H22ClNO4S2. The van der Waals surface area contributed by atoms with Gasteiger partial charge in [-0.2, -0.15) is 0 Å². The first-order valence-corrected chi connectivity index (χ1v) is 11.7. The molecule has 0 saturated carbocycles. The molecule has 0 radical (unpaired) electrons. The quantitative estimate of drug-likeness (QED) is 0.306. The first kappa shape index (κ1) is 23.2. The Bertz CT molecular complexity index is 1060. The fourth-order valence-corrected chi connectivity index (χ4v) is 4.91. The van der Waals surface area contributed by atoms with Gasteiger partial charge < -0.3 is 14.8 Å². The maximum atomic E-state index is 12.6. The van der Waals surface area contributed by atoms with Crippen LogP contribution in [0.2, 0.25) is 5.02 Å². The number of ether oxygens (including phenoxy) is 2. The number of hydrogen-bond donors (Lipinski definition) is 1. The van der Waals surface area contributed by atoms with Gasteiger partial charge in [0, 0.05) is 20.4 Å². The van der Waals surface area contributed by atoms with E-state index >= 15 is 0 Å². The van der Waals surface area contributed by atoms with Gasteiger partial charge in [-0.05, 0) is 55.8 Å². The van der Waals surface area contributed by atoms with Crippen LogP contribution in [0.4, 0.5) is 5.00 Å². The van der Waals surface area contributed by atoms with Crippen LogP contribution in [0.15, 0.2) is 53.4 Å². The lowest BCUT2D eigenvalue weighted by atomic mass is 10.0. The molecule has 31 heavy (non-hydrogen) atoms. The molecule has 0 bridgehead atoms. The highest BCUT2D eigenvalue weighted by molar-refractivity contribution is 8.00. The van der Waals surface area contributed by atoms with E-state index in [-0.39, 0.29) is 11.7 Å². The number of nitrogens with one attached hydrogen (secondary N) is 1. The Morgan fingerprint density at radius 2 is 1.77 bits per heavy atom. The Hall–Kier alpha value is -2.48. The van der Waals surface area contributed by atoms with E-state index in [1.54, 1.807) is 12.1 Å². The van der Waals surface area contributed by atoms with Gasteiger partial charge in [0.1, 0.15) is 16.3 Å². The van der Waals surface area contributed by atoms with E-state index in [0.29, 0.717) is 22.2 Å². The fraction of sp³-hybridized carbons (Fsp3) is 0.217. The summed E-state index contributed by atoms with van der Waals surface area (Å²) in [5, 5.41) is 4.00. The van der Waals surface area contributed by atoms with E-state index in [9.17, 15) is 9.59 Å². The Labute approximate surface area is 194 Å². The molecule has 1 aromatic heterocycles. The number of amides is 1. The number of esters is 1. The minimum Gasteiger partial charge on any atom is -0.494 e. The summed E-state index contributed by atoms with van der Waals surface area (Å²) in [7, 11) is 1.33. The molecule has 162 valence electrons. The van der Waals surface area contributed by atoms with Crippen LogP contribution in [0.25, 0.3) is 11.1 Å². The van der Waals surface area contributed by atoms with Crippen molar-refractivity contribution in [3.05, 3.63) is 64.0 Å². The van der Waals surface area contributed by atoms with Crippen LogP contribution in [-0.4, -0.2) is 31.3 Å². The lowest BCUT2D eigenvalue weighted by molar-refractivity contribution is -0.113. The third-order valence-electron chi connectivity index (χ3n) is 4.36. The number of carbonyl (C=O) groups is 2. The van der Waals surface area contributed by atoms with Gasteiger partial charge in [-0.15, -0.1) is 23.1 Å². The van der Waals surface area contributed by atoms with Gasteiger partial charge in [-0.25, -0.2) is 4.79 Å². The molecule has 0 atom stereocenters. The number of halogens is 1. The minimum atomic E-state index is -0.492. The predicted molar refractivity (Wildman–Crippen MR) is 128 cm³/mol. The number of aryl methyl sites for hydroxylation is 1. The summed E-state index contributed by atoms with van der Waals surface area (Å²) < 4.78 is 10.5. The van der Waals surface area contributed by atoms with Crippen molar-refractivity contribution in [2.75, 3.05) is 24.8 Å². The van der Waals surface area contributed by atoms with Crippen LogP contribution in [-0.2, 0) is 9.53 Å². The van der Waals surface area contributed by atoms with E-state index in [4.69, 9.17) is 21.1 Å². The third kappa shape index (κ3) is 5.81. The molecule has 0 aliphatic rings. The lowest BCUT2D eigenvalue weighted by Crippen LogP contribution is -2.16. The number of rotatable bonds is 8. The van der Waals surface area contributed by atoms with Crippen molar-refractivity contribution in [2.24, 2.45) is 0 Å². The SMILES string of the molecule is CCOc1ccc(-c2c(C)sc(NC(=O)CSc3ccc(Cl)cc3)c2C(=O)OC)cc1. The zero-order valence-electron chi connectivity index (χ0n) is 17.4. The van der Waals surface area contributed by atoms with Gasteiger partial charge in [-0.1, -0.05) is 23.7 Å². The number of anilines is 1. The third-order valence-corrected chi connectivity index (χ3v) is 6.65. The van der Waals surface area contributed by atoms with Gasteiger partial charge in [0.15, 0.2) is 0 Å². The summed E-state index contributed by atoms with van der Waals surface area (Å²) in [5.74, 6) is 0.266. The van der Waals surface area contributed by atoms with Crippen molar-refractivity contribution < 1.29 is 19.1 Å². The second kappa shape index (κ2) is 10.7. The van der Waals surface area contributed by atoms with Gasteiger partial charge >= 0.3 is 5.97 Å². The number of hydrogen-bond acceptors (Lipinski definition) is 6. The monoisotopic (exact) mass is 475 g/mol. The Kier molecular flexibility index (Phi) is 8.01. The van der Waals surface area contributed by atoms with Gasteiger partial charge in [0.2, 0.25) is 5.91 Å². The van der Waals surface area contributed by atoms with Gasteiger partial charge in [0.25, 0.3) is 0 Å². The molecule has 2 aromatic carbocycles. The smallest absolute Gasteiger partial charge is 0.341 e. The second-order valence-electron chi connectivity index (χ2n) is 6.48.